The van der Waals surface area contributed by atoms with Crippen LogP contribution in [0.3, 0.4) is 0 Å². The Kier molecular flexibility index (Phi) is 7.04. The maximum absolute atomic E-state index is 13.0. The van der Waals surface area contributed by atoms with Crippen LogP contribution in [0.25, 0.3) is 0 Å². The molecule has 9 heteroatoms. The van der Waals surface area contributed by atoms with Crippen LogP contribution in [0.1, 0.15) is 38.4 Å². The average Bonchev–Trinajstić information content (AvgIpc) is 3.16. The van der Waals surface area contributed by atoms with E-state index >= 15 is 0 Å². The Labute approximate surface area is 190 Å². The monoisotopic (exact) mass is 628 g/mol. The van der Waals surface area contributed by atoms with E-state index in [-0.39, 0.29) is 17.2 Å². The van der Waals surface area contributed by atoms with E-state index in [0.717, 1.165) is 14.5 Å². The zero-order valence-electron chi connectivity index (χ0n) is 14.0. The van der Waals surface area contributed by atoms with E-state index < -0.39 is 23.1 Å². The van der Waals surface area contributed by atoms with Crippen molar-refractivity contribution in [3.05, 3.63) is 55.9 Å². The van der Waals surface area contributed by atoms with Gasteiger partial charge in [-0.25, -0.2) is 0 Å². The van der Waals surface area contributed by atoms with Crippen molar-refractivity contribution < 1.29 is 24.2 Å². The first kappa shape index (κ1) is 21.7. The first-order valence-electron chi connectivity index (χ1n) is 8.06. The summed E-state index contributed by atoms with van der Waals surface area (Å²) in [5.41, 5.74) is 1.33. The summed E-state index contributed by atoms with van der Waals surface area (Å²) in [6.07, 6.45) is -2.83. The van der Waals surface area contributed by atoms with E-state index in [1.165, 1.54) is 0 Å². The van der Waals surface area contributed by atoms with Crippen LogP contribution in [0.15, 0.2) is 37.6 Å². The number of Topliss-reactive ketones (excluding diaryl/α,β-unsaturated/α-hetero) is 1. The summed E-state index contributed by atoms with van der Waals surface area (Å²) in [5, 5.41) is 19.6. The minimum absolute atomic E-state index is 0.0248. The molecular formula is C18H16Br4O5. The average molecular weight is 632 g/mol. The van der Waals surface area contributed by atoms with Crippen molar-refractivity contribution in [3.63, 3.8) is 0 Å². The third-order valence-corrected chi connectivity index (χ3v) is 8.26. The standard InChI is InChI=1S/C18H16Br4O5/c1-7-10(5-13(27-7)18-17(25)12(23)6-26-18)16(24)15(22)14(21)9-3-2-8(19)4-11(9)20/h2-5,12,14-15,17-18,23,25H,6H2,1H3/t12-,14?,15?,17-,18+/m1/s1. The van der Waals surface area contributed by atoms with Crippen molar-refractivity contribution in [2.75, 3.05) is 6.61 Å². The molecule has 0 amide bonds. The third-order valence-electron chi connectivity index (χ3n) is 4.40. The second-order valence-corrected chi connectivity index (χ2v) is 10.0. The summed E-state index contributed by atoms with van der Waals surface area (Å²) < 4.78 is 12.8. The molecule has 1 aromatic carbocycles. The summed E-state index contributed by atoms with van der Waals surface area (Å²) in [6, 6.07) is 7.32. The van der Waals surface area contributed by atoms with E-state index in [1.807, 2.05) is 18.2 Å². The van der Waals surface area contributed by atoms with Gasteiger partial charge < -0.3 is 19.4 Å². The van der Waals surface area contributed by atoms with Crippen LogP contribution in [0.2, 0.25) is 0 Å². The molecule has 1 fully saturated rings. The van der Waals surface area contributed by atoms with Crippen molar-refractivity contribution in [2.45, 2.75) is 34.9 Å². The first-order chi connectivity index (χ1) is 12.7. The Bertz CT molecular complexity index is 852. The molecule has 0 radical (unpaired) electrons. The first-order valence-corrected chi connectivity index (χ1v) is 11.5. The number of ketones is 1. The third kappa shape index (κ3) is 4.44. The lowest BCUT2D eigenvalue weighted by atomic mass is 10.0. The van der Waals surface area contributed by atoms with E-state index in [9.17, 15) is 15.0 Å². The number of halogens is 4. The fraction of sp³-hybridized carbons (Fsp3) is 0.389. The van der Waals surface area contributed by atoms with Crippen molar-refractivity contribution >= 4 is 69.5 Å². The molecule has 5 atom stereocenters. The zero-order valence-corrected chi connectivity index (χ0v) is 20.4. The van der Waals surface area contributed by atoms with Crippen molar-refractivity contribution in [1.82, 2.24) is 0 Å². The topological polar surface area (TPSA) is 79.9 Å². The van der Waals surface area contributed by atoms with Gasteiger partial charge in [-0.1, -0.05) is 69.8 Å². The van der Waals surface area contributed by atoms with Crippen LogP contribution in [0.5, 0.6) is 0 Å². The van der Waals surface area contributed by atoms with Gasteiger partial charge in [0.2, 0.25) is 0 Å². The summed E-state index contributed by atoms with van der Waals surface area (Å²) in [4.78, 5) is 12.2. The summed E-state index contributed by atoms with van der Waals surface area (Å²) in [7, 11) is 0. The van der Waals surface area contributed by atoms with Gasteiger partial charge in [-0.15, -0.1) is 0 Å². The molecule has 5 nitrogen and oxygen atoms in total. The number of furan rings is 1. The fourth-order valence-corrected chi connectivity index (χ4v) is 5.68. The summed E-state index contributed by atoms with van der Waals surface area (Å²) in [5.74, 6) is 0.606. The maximum Gasteiger partial charge on any atom is 0.181 e. The second kappa shape index (κ2) is 8.77. The lowest BCUT2D eigenvalue weighted by molar-refractivity contribution is 0.0117. The highest BCUT2D eigenvalue weighted by Gasteiger charge is 2.39. The molecule has 0 saturated carbocycles. The largest absolute Gasteiger partial charge is 0.463 e. The molecule has 1 aromatic heterocycles. The van der Waals surface area contributed by atoms with E-state index in [2.05, 4.69) is 63.7 Å². The molecule has 3 rings (SSSR count). The van der Waals surface area contributed by atoms with Crippen LogP contribution in [0.4, 0.5) is 0 Å². The van der Waals surface area contributed by atoms with Crippen LogP contribution in [0, 0.1) is 6.92 Å². The van der Waals surface area contributed by atoms with Crippen LogP contribution >= 0.6 is 63.7 Å². The molecule has 2 aromatic rings. The number of aryl methyl sites for hydroxylation is 1. The van der Waals surface area contributed by atoms with E-state index in [0.29, 0.717) is 17.1 Å². The van der Waals surface area contributed by atoms with Crippen LogP contribution < -0.4 is 0 Å². The Morgan fingerprint density at radius 2 is 1.93 bits per heavy atom. The molecular weight excluding hydrogens is 616 g/mol. The van der Waals surface area contributed by atoms with Gasteiger partial charge in [0, 0.05) is 8.95 Å². The van der Waals surface area contributed by atoms with Gasteiger partial charge in [0.1, 0.15) is 29.8 Å². The van der Waals surface area contributed by atoms with Gasteiger partial charge in [0.15, 0.2) is 5.78 Å². The van der Waals surface area contributed by atoms with Gasteiger partial charge in [0.05, 0.1) is 21.8 Å². The van der Waals surface area contributed by atoms with Crippen LogP contribution in [-0.2, 0) is 4.74 Å². The molecule has 1 aliphatic heterocycles. The van der Waals surface area contributed by atoms with Gasteiger partial charge in [0.25, 0.3) is 0 Å². The Morgan fingerprint density at radius 1 is 1.22 bits per heavy atom. The number of hydrogen-bond acceptors (Lipinski definition) is 5. The SMILES string of the molecule is Cc1oc([C@@H]2OC[C@@H](O)[C@H]2O)cc1C(=O)C(Br)C(Br)c1ccc(Br)cc1Br. The minimum atomic E-state index is -1.08. The number of hydrogen-bond donors (Lipinski definition) is 2. The molecule has 1 saturated heterocycles. The summed E-state index contributed by atoms with van der Waals surface area (Å²) in [6.45, 7) is 1.71. The van der Waals surface area contributed by atoms with Crippen molar-refractivity contribution in [1.29, 1.82) is 0 Å². The fourth-order valence-electron chi connectivity index (χ4n) is 2.91. The molecule has 27 heavy (non-hydrogen) atoms. The van der Waals surface area contributed by atoms with Crippen molar-refractivity contribution in [3.8, 4) is 0 Å². The quantitative estimate of drug-likeness (QED) is 0.359. The lowest BCUT2D eigenvalue weighted by Crippen LogP contribution is -2.24. The summed E-state index contributed by atoms with van der Waals surface area (Å²) >= 11 is 14.0. The molecule has 0 bridgehead atoms. The molecule has 0 spiro atoms. The van der Waals surface area contributed by atoms with Crippen molar-refractivity contribution in [2.24, 2.45) is 0 Å². The molecule has 2 unspecified atom stereocenters. The van der Waals surface area contributed by atoms with Crippen LogP contribution in [-0.4, -0.2) is 39.6 Å². The number of aliphatic hydroxyl groups is 2. The highest BCUT2D eigenvalue weighted by Crippen LogP contribution is 2.39. The number of carbonyl (C=O) groups is 1. The van der Waals surface area contributed by atoms with E-state index in [4.69, 9.17) is 9.15 Å². The van der Waals surface area contributed by atoms with Gasteiger partial charge in [-0.05, 0) is 30.7 Å². The second-order valence-electron chi connectivity index (χ2n) is 6.26. The number of carbonyl (C=O) groups excluding carboxylic acids is 1. The Balaban J connectivity index is 1.83. The number of ether oxygens (including phenoxy) is 1. The number of aliphatic hydroxyl groups excluding tert-OH is 2. The van der Waals surface area contributed by atoms with Gasteiger partial charge >= 0.3 is 0 Å². The van der Waals surface area contributed by atoms with Gasteiger partial charge in [-0.2, -0.15) is 0 Å². The molecule has 2 heterocycles. The number of rotatable bonds is 5. The highest BCUT2D eigenvalue weighted by atomic mass is 79.9. The molecule has 0 aliphatic carbocycles. The number of alkyl halides is 2. The number of benzene rings is 1. The zero-order chi connectivity index (χ0) is 19.9. The molecule has 1 aliphatic rings. The Morgan fingerprint density at radius 3 is 2.52 bits per heavy atom. The minimum Gasteiger partial charge on any atom is -0.463 e. The highest BCUT2D eigenvalue weighted by molar-refractivity contribution is 9.12. The predicted octanol–water partition coefficient (Wildman–Crippen LogP) is 4.99. The predicted molar refractivity (Wildman–Crippen MR) is 115 cm³/mol. The molecule has 146 valence electrons. The Hall–Kier alpha value is -0.0300. The lowest BCUT2D eigenvalue weighted by Gasteiger charge is -2.17. The smallest absolute Gasteiger partial charge is 0.181 e. The van der Waals surface area contributed by atoms with Gasteiger partial charge in [-0.3, -0.25) is 4.79 Å². The molecule has 2 N–H and O–H groups in total. The normalized spacial score (nSPS) is 24.8. The van der Waals surface area contributed by atoms with E-state index in [1.54, 1.807) is 13.0 Å². The maximum atomic E-state index is 13.0.